The monoisotopic (exact) mass is 456 g/mol. The molecule has 12 heteroatoms. The van der Waals surface area contributed by atoms with Gasteiger partial charge in [-0.1, -0.05) is 13.6 Å². The molecule has 0 saturated carbocycles. The van der Waals surface area contributed by atoms with Gasteiger partial charge in [0.1, 0.15) is 0 Å². The molecule has 2 aliphatic heterocycles. The van der Waals surface area contributed by atoms with Gasteiger partial charge < -0.3 is 41.5 Å². The molecule has 0 radical (unpaired) electrons. The van der Waals surface area contributed by atoms with Crippen LogP contribution in [-0.4, -0.2) is 106 Å². The molecule has 2 saturated heterocycles. The number of aliphatic hydroxyl groups is 2. The van der Waals surface area contributed by atoms with Gasteiger partial charge in [-0.15, -0.1) is 0 Å². The summed E-state index contributed by atoms with van der Waals surface area (Å²) in [6.45, 7) is 6.27. The summed E-state index contributed by atoms with van der Waals surface area (Å²) in [6, 6.07) is -1.10. The van der Waals surface area contributed by atoms with Crippen LogP contribution in [-0.2, 0) is 9.59 Å². The molecule has 0 aromatic carbocycles. The lowest BCUT2D eigenvalue weighted by molar-refractivity contribution is -0.133. The first-order chi connectivity index (χ1) is 15.1. The first-order valence-corrected chi connectivity index (χ1v) is 11.9. The van der Waals surface area contributed by atoms with Gasteiger partial charge in [0, 0.05) is 32.2 Å². The van der Waals surface area contributed by atoms with Crippen molar-refractivity contribution in [2.24, 2.45) is 11.5 Å². The Labute approximate surface area is 192 Å². The van der Waals surface area contributed by atoms with Crippen molar-refractivity contribution in [1.82, 2.24) is 9.80 Å². The molecule has 8 N–H and O–H groups in total. The molecule has 2 rings (SSSR count). The van der Waals surface area contributed by atoms with Gasteiger partial charge in [0.25, 0.3) is 0 Å². The molecule has 2 unspecified atom stereocenters. The molecule has 2 fully saturated rings. The average molecular weight is 456 g/mol. The number of amides is 2. The molecular weight excluding hydrogens is 414 g/mol. The van der Waals surface area contributed by atoms with Crippen LogP contribution in [0, 0.1) is 0 Å². The van der Waals surface area contributed by atoms with Gasteiger partial charge >= 0.3 is 7.12 Å². The quantitative estimate of drug-likeness (QED) is 0.215. The van der Waals surface area contributed by atoms with E-state index in [-0.39, 0.29) is 25.0 Å². The number of aliphatic hydroxyl groups excluding tert-OH is 2. The largest absolute Gasteiger partial charge is 0.475 e. The number of hydrogen-bond acceptors (Lipinski definition) is 8. The highest BCUT2D eigenvalue weighted by Crippen LogP contribution is 2.21. The second kappa shape index (κ2) is 14.9. The molecule has 32 heavy (non-hydrogen) atoms. The van der Waals surface area contributed by atoms with E-state index in [4.69, 9.17) is 31.7 Å². The summed E-state index contributed by atoms with van der Waals surface area (Å²) in [7, 11) is -1.50. The molecule has 2 amide bonds. The van der Waals surface area contributed by atoms with Crippen molar-refractivity contribution in [1.29, 1.82) is 0 Å². The Hall–Kier alpha value is -1.17. The van der Waals surface area contributed by atoms with Gasteiger partial charge in [-0.3, -0.25) is 9.59 Å². The van der Waals surface area contributed by atoms with Crippen LogP contribution >= 0.6 is 0 Å². The predicted octanol–water partition coefficient (Wildman–Crippen LogP) is -1.54. The van der Waals surface area contributed by atoms with Gasteiger partial charge in [0.05, 0.1) is 18.0 Å². The van der Waals surface area contributed by atoms with Crippen molar-refractivity contribution in [2.45, 2.75) is 89.0 Å². The minimum absolute atomic E-state index is 0.00698. The Morgan fingerprint density at radius 1 is 0.875 bits per heavy atom. The summed E-state index contributed by atoms with van der Waals surface area (Å²) in [5.74, 6) is -0.381. The summed E-state index contributed by atoms with van der Waals surface area (Å²) >= 11 is 0. The van der Waals surface area contributed by atoms with E-state index in [1.54, 1.807) is 0 Å². The third-order valence-corrected chi connectivity index (χ3v) is 6.26. The first kappa shape index (κ1) is 28.9. The Bertz CT molecular complexity index is 524. The zero-order valence-corrected chi connectivity index (χ0v) is 19.6. The third kappa shape index (κ3) is 8.64. The summed E-state index contributed by atoms with van der Waals surface area (Å²) in [5.41, 5.74) is 11.5. The summed E-state index contributed by atoms with van der Waals surface area (Å²) in [6.07, 6.45) is 5.62. The Morgan fingerprint density at radius 3 is 1.66 bits per heavy atom. The van der Waals surface area contributed by atoms with Gasteiger partial charge in [0.15, 0.2) is 6.71 Å². The molecule has 10 nitrogen and oxygen atoms in total. The van der Waals surface area contributed by atoms with Crippen LogP contribution in [0.15, 0.2) is 0 Å². The smallest absolute Gasteiger partial charge is 0.426 e. The molecule has 0 aromatic heterocycles. The van der Waals surface area contributed by atoms with Crippen LogP contribution in [0.2, 0.25) is 13.6 Å². The number of hydrogen-bond donors (Lipinski definition) is 6. The van der Waals surface area contributed by atoms with E-state index in [1.165, 1.54) is 4.90 Å². The van der Waals surface area contributed by atoms with Crippen LogP contribution in [0.4, 0.5) is 0 Å². The maximum Gasteiger partial charge on any atom is 0.475 e. The van der Waals surface area contributed by atoms with Gasteiger partial charge in [-0.25, -0.2) is 0 Å². The molecule has 4 atom stereocenters. The summed E-state index contributed by atoms with van der Waals surface area (Å²) < 4.78 is 0. The highest BCUT2D eigenvalue weighted by molar-refractivity contribution is 6.57. The summed E-state index contributed by atoms with van der Waals surface area (Å²) in [5, 5.41) is 35.6. The SMILES string of the molecule is CB(C)C1CCCN1C(=O)C(N)CCCO.N[C@@H](CCCO)C(=O)N1CCC[C@H]1B(O)O. The van der Waals surface area contributed by atoms with Crippen molar-refractivity contribution in [2.75, 3.05) is 26.3 Å². The number of likely N-dealkylation sites (tertiary alicyclic amines) is 2. The normalized spacial score (nSPS) is 22.2. The predicted molar refractivity (Wildman–Crippen MR) is 126 cm³/mol. The van der Waals surface area contributed by atoms with Crippen LogP contribution < -0.4 is 11.5 Å². The molecule has 2 aliphatic rings. The van der Waals surface area contributed by atoms with Crippen LogP contribution in [0.5, 0.6) is 0 Å². The van der Waals surface area contributed by atoms with Crippen molar-refractivity contribution >= 4 is 25.6 Å². The molecule has 0 aromatic rings. The number of rotatable bonds is 10. The fraction of sp³-hybridized carbons (Fsp3) is 0.900. The van der Waals surface area contributed by atoms with E-state index in [0.717, 1.165) is 25.8 Å². The van der Waals surface area contributed by atoms with E-state index < -0.39 is 25.1 Å². The zero-order valence-electron chi connectivity index (χ0n) is 19.6. The molecule has 0 spiro atoms. The number of carbonyl (C=O) groups excluding carboxylic acids is 2. The highest BCUT2D eigenvalue weighted by atomic mass is 16.4. The van der Waals surface area contributed by atoms with E-state index in [1.807, 2.05) is 4.90 Å². The molecule has 2 heterocycles. The van der Waals surface area contributed by atoms with Crippen LogP contribution in [0.25, 0.3) is 0 Å². The standard InChI is InChI=1S/C11H23BN2O2.C9H19BN2O4/c1-12(2)10-6-3-7-14(10)11(16)9(13)5-4-8-15;11-7(3-2-6-13)9(14)12-5-1-4-8(12)10(15)16/h9-10,15H,3-8,13H2,1-2H3;7-8,13,15-16H,1-6,11H2/t;7-,8-/m.0/s1. The number of nitrogens with two attached hydrogens (primary N) is 2. The maximum absolute atomic E-state index is 12.1. The fourth-order valence-corrected chi connectivity index (χ4v) is 4.43. The second-order valence-electron chi connectivity index (χ2n) is 9.08. The lowest BCUT2D eigenvalue weighted by Crippen LogP contribution is -2.51. The maximum atomic E-state index is 12.1. The van der Waals surface area contributed by atoms with Crippen molar-refractivity contribution < 1.29 is 29.9 Å². The van der Waals surface area contributed by atoms with Crippen LogP contribution in [0.3, 0.4) is 0 Å². The van der Waals surface area contributed by atoms with Crippen molar-refractivity contribution in [3.63, 3.8) is 0 Å². The zero-order chi connectivity index (χ0) is 24.3. The molecular formula is C20H42B2N4O6. The number of carbonyl (C=O) groups is 2. The Balaban J connectivity index is 0.000000320. The average Bonchev–Trinajstić information content (AvgIpc) is 3.45. The lowest BCUT2D eigenvalue weighted by Gasteiger charge is -2.29. The highest BCUT2D eigenvalue weighted by Gasteiger charge is 2.38. The molecule has 0 aliphatic carbocycles. The van der Waals surface area contributed by atoms with Crippen molar-refractivity contribution in [3.8, 4) is 0 Å². The van der Waals surface area contributed by atoms with E-state index in [9.17, 15) is 9.59 Å². The molecule has 0 bridgehead atoms. The van der Waals surface area contributed by atoms with Crippen LogP contribution in [0.1, 0.15) is 51.4 Å². The summed E-state index contributed by atoms with van der Waals surface area (Å²) in [4.78, 5) is 27.3. The minimum Gasteiger partial charge on any atom is -0.426 e. The van der Waals surface area contributed by atoms with Gasteiger partial charge in [-0.05, 0) is 51.4 Å². The second-order valence-corrected chi connectivity index (χ2v) is 9.08. The van der Waals surface area contributed by atoms with Crippen molar-refractivity contribution in [3.05, 3.63) is 0 Å². The topological polar surface area (TPSA) is 174 Å². The van der Waals surface area contributed by atoms with Gasteiger partial charge in [-0.2, -0.15) is 0 Å². The van der Waals surface area contributed by atoms with E-state index in [2.05, 4.69) is 13.6 Å². The molecule has 184 valence electrons. The van der Waals surface area contributed by atoms with E-state index in [0.29, 0.717) is 51.3 Å². The Kier molecular flexibility index (Phi) is 13.4. The van der Waals surface area contributed by atoms with E-state index >= 15 is 0 Å². The third-order valence-electron chi connectivity index (χ3n) is 6.26. The fourth-order valence-electron chi connectivity index (χ4n) is 4.43. The lowest BCUT2D eigenvalue weighted by atomic mass is 9.47. The first-order valence-electron chi connectivity index (χ1n) is 11.9. The number of nitrogens with zero attached hydrogens (tertiary/aromatic N) is 2. The van der Waals surface area contributed by atoms with Gasteiger partial charge in [0.2, 0.25) is 11.8 Å². The minimum atomic E-state index is -1.50. The Morgan fingerprint density at radius 2 is 1.28 bits per heavy atom.